The quantitative estimate of drug-likeness (QED) is 0.769. The van der Waals surface area contributed by atoms with Gasteiger partial charge in [0.15, 0.2) is 0 Å². The zero-order valence-electron chi connectivity index (χ0n) is 13.0. The second kappa shape index (κ2) is 7.28. The maximum Gasteiger partial charge on any atom is 0.129 e. The van der Waals surface area contributed by atoms with Crippen LogP contribution in [0.25, 0.3) is 10.9 Å². The standard InChI is InChI=1S/C18H26N2/c1-4-8-14-10-7-11-15-13-16(9-5-2)18(19-12-6-3)20-17(14)15/h7,10-11,13H,4-6,8-9,12H2,1-3H3,(H,19,20). The van der Waals surface area contributed by atoms with Crippen LogP contribution in [-0.2, 0) is 12.8 Å². The Morgan fingerprint density at radius 2 is 1.70 bits per heavy atom. The molecule has 2 nitrogen and oxygen atoms in total. The number of aryl methyl sites for hydroxylation is 2. The summed E-state index contributed by atoms with van der Waals surface area (Å²) in [7, 11) is 0. The SMILES string of the molecule is CCCNc1nc2c(CCC)cccc2cc1CCC. The van der Waals surface area contributed by atoms with Crippen molar-refractivity contribution in [2.24, 2.45) is 0 Å². The van der Waals surface area contributed by atoms with Gasteiger partial charge in [0.05, 0.1) is 5.52 Å². The molecule has 1 N–H and O–H groups in total. The van der Waals surface area contributed by atoms with Crippen LogP contribution < -0.4 is 5.32 Å². The number of benzene rings is 1. The van der Waals surface area contributed by atoms with E-state index in [-0.39, 0.29) is 0 Å². The maximum atomic E-state index is 4.94. The van der Waals surface area contributed by atoms with Gasteiger partial charge in [-0.3, -0.25) is 0 Å². The number of hydrogen-bond acceptors (Lipinski definition) is 2. The van der Waals surface area contributed by atoms with E-state index >= 15 is 0 Å². The van der Waals surface area contributed by atoms with Gasteiger partial charge in [0, 0.05) is 11.9 Å². The van der Waals surface area contributed by atoms with Crippen molar-refractivity contribution in [1.29, 1.82) is 0 Å². The van der Waals surface area contributed by atoms with Crippen LogP contribution in [0.4, 0.5) is 5.82 Å². The number of nitrogens with zero attached hydrogens (tertiary/aromatic N) is 1. The molecule has 0 unspecified atom stereocenters. The lowest BCUT2D eigenvalue weighted by Crippen LogP contribution is -2.06. The van der Waals surface area contributed by atoms with Crippen molar-refractivity contribution in [2.45, 2.75) is 52.9 Å². The third kappa shape index (κ3) is 3.30. The summed E-state index contributed by atoms with van der Waals surface area (Å²) in [5, 5.41) is 4.78. The van der Waals surface area contributed by atoms with Crippen molar-refractivity contribution in [1.82, 2.24) is 4.98 Å². The van der Waals surface area contributed by atoms with Crippen LogP contribution in [0.15, 0.2) is 24.3 Å². The third-order valence-electron chi connectivity index (χ3n) is 3.59. The Balaban J connectivity index is 2.49. The Hall–Kier alpha value is -1.57. The molecular weight excluding hydrogens is 244 g/mol. The molecule has 20 heavy (non-hydrogen) atoms. The highest BCUT2D eigenvalue weighted by Crippen LogP contribution is 2.25. The van der Waals surface area contributed by atoms with Crippen LogP contribution in [0, 0.1) is 0 Å². The van der Waals surface area contributed by atoms with E-state index < -0.39 is 0 Å². The van der Waals surface area contributed by atoms with Crippen molar-refractivity contribution in [2.75, 3.05) is 11.9 Å². The summed E-state index contributed by atoms with van der Waals surface area (Å²) in [6, 6.07) is 8.87. The lowest BCUT2D eigenvalue weighted by atomic mass is 10.0. The minimum absolute atomic E-state index is 0.991. The number of nitrogens with one attached hydrogen (secondary N) is 1. The predicted molar refractivity (Wildman–Crippen MR) is 88.5 cm³/mol. The van der Waals surface area contributed by atoms with Gasteiger partial charge < -0.3 is 5.32 Å². The number of fused-ring (bicyclic) bond motifs is 1. The van der Waals surface area contributed by atoms with Gasteiger partial charge in [-0.1, -0.05) is 51.8 Å². The topological polar surface area (TPSA) is 24.9 Å². The van der Waals surface area contributed by atoms with Gasteiger partial charge in [-0.2, -0.15) is 0 Å². The molecular formula is C18H26N2. The zero-order chi connectivity index (χ0) is 14.4. The van der Waals surface area contributed by atoms with E-state index in [0.717, 1.165) is 44.5 Å². The summed E-state index contributed by atoms with van der Waals surface area (Å²) in [6.07, 6.45) is 5.64. The van der Waals surface area contributed by atoms with E-state index in [9.17, 15) is 0 Å². The van der Waals surface area contributed by atoms with E-state index in [1.165, 1.54) is 22.0 Å². The third-order valence-corrected chi connectivity index (χ3v) is 3.59. The number of hydrogen-bond donors (Lipinski definition) is 1. The maximum absolute atomic E-state index is 4.94. The minimum Gasteiger partial charge on any atom is -0.370 e. The summed E-state index contributed by atoms with van der Waals surface area (Å²) in [5.41, 5.74) is 3.89. The molecule has 1 aromatic heterocycles. The van der Waals surface area contributed by atoms with Crippen LogP contribution in [0.5, 0.6) is 0 Å². The molecule has 0 aliphatic carbocycles. The number of rotatable bonds is 7. The monoisotopic (exact) mass is 270 g/mol. The highest BCUT2D eigenvalue weighted by molar-refractivity contribution is 5.84. The van der Waals surface area contributed by atoms with Crippen molar-refractivity contribution in [3.8, 4) is 0 Å². The van der Waals surface area contributed by atoms with E-state index in [4.69, 9.17) is 4.98 Å². The molecule has 2 heteroatoms. The molecule has 0 fully saturated rings. The van der Waals surface area contributed by atoms with Crippen LogP contribution in [0.3, 0.4) is 0 Å². The molecule has 0 saturated heterocycles. The Morgan fingerprint density at radius 3 is 2.40 bits per heavy atom. The lowest BCUT2D eigenvalue weighted by molar-refractivity contribution is 0.902. The molecule has 1 aromatic carbocycles. The number of aromatic nitrogens is 1. The molecule has 0 spiro atoms. The first-order valence-electron chi connectivity index (χ1n) is 7.95. The fraction of sp³-hybridized carbons (Fsp3) is 0.500. The van der Waals surface area contributed by atoms with Crippen molar-refractivity contribution < 1.29 is 0 Å². The largest absolute Gasteiger partial charge is 0.370 e. The van der Waals surface area contributed by atoms with Crippen LogP contribution in [-0.4, -0.2) is 11.5 Å². The van der Waals surface area contributed by atoms with Crippen LogP contribution in [0.2, 0.25) is 0 Å². The minimum atomic E-state index is 0.991. The smallest absolute Gasteiger partial charge is 0.129 e. The molecule has 0 aliphatic heterocycles. The van der Waals surface area contributed by atoms with Gasteiger partial charge in [0.2, 0.25) is 0 Å². The van der Waals surface area contributed by atoms with Gasteiger partial charge in [-0.15, -0.1) is 0 Å². The first-order chi connectivity index (χ1) is 9.80. The summed E-state index contributed by atoms with van der Waals surface area (Å²) in [4.78, 5) is 4.94. The summed E-state index contributed by atoms with van der Waals surface area (Å²) < 4.78 is 0. The molecule has 0 atom stereocenters. The molecule has 0 radical (unpaired) electrons. The average Bonchev–Trinajstić information content (AvgIpc) is 2.46. The van der Waals surface area contributed by atoms with Gasteiger partial charge in [0.25, 0.3) is 0 Å². The molecule has 2 rings (SSSR count). The summed E-state index contributed by atoms with van der Waals surface area (Å²) in [6.45, 7) is 7.63. The predicted octanol–water partition coefficient (Wildman–Crippen LogP) is 4.96. The fourth-order valence-electron chi connectivity index (χ4n) is 2.63. The molecule has 0 aliphatic rings. The van der Waals surface area contributed by atoms with Gasteiger partial charge in [-0.05, 0) is 36.5 Å². The van der Waals surface area contributed by atoms with Gasteiger partial charge in [0.1, 0.15) is 5.82 Å². The zero-order valence-corrected chi connectivity index (χ0v) is 13.0. The Labute approximate surface area is 122 Å². The summed E-state index contributed by atoms with van der Waals surface area (Å²) in [5.74, 6) is 1.09. The number of para-hydroxylation sites is 1. The highest BCUT2D eigenvalue weighted by Gasteiger charge is 2.08. The van der Waals surface area contributed by atoms with Gasteiger partial charge in [-0.25, -0.2) is 4.98 Å². The molecule has 0 saturated carbocycles. The average molecular weight is 270 g/mol. The van der Waals surface area contributed by atoms with Gasteiger partial charge >= 0.3 is 0 Å². The molecule has 0 amide bonds. The Bertz CT molecular complexity index is 561. The second-order valence-electron chi connectivity index (χ2n) is 5.41. The second-order valence-corrected chi connectivity index (χ2v) is 5.41. The van der Waals surface area contributed by atoms with Crippen LogP contribution >= 0.6 is 0 Å². The molecule has 1 heterocycles. The summed E-state index contributed by atoms with van der Waals surface area (Å²) >= 11 is 0. The van der Waals surface area contributed by atoms with Crippen molar-refractivity contribution in [3.63, 3.8) is 0 Å². The number of anilines is 1. The van der Waals surface area contributed by atoms with Crippen molar-refractivity contribution >= 4 is 16.7 Å². The van der Waals surface area contributed by atoms with E-state index in [0.29, 0.717) is 0 Å². The highest BCUT2D eigenvalue weighted by atomic mass is 15.0. The van der Waals surface area contributed by atoms with Crippen LogP contribution in [0.1, 0.15) is 51.2 Å². The Morgan fingerprint density at radius 1 is 0.950 bits per heavy atom. The van der Waals surface area contributed by atoms with E-state index in [1.807, 2.05) is 0 Å². The Kier molecular flexibility index (Phi) is 5.40. The fourth-order valence-corrected chi connectivity index (χ4v) is 2.63. The van der Waals surface area contributed by atoms with Crippen molar-refractivity contribution in [3.05, 3.63) is 35.4 Å². The van der Waals surface area contributed by atoms with E-state index in [2.05, 4.69) is 50.4 Å². The first kappa shape index (κ1) is 14.8. The normalized spacial score (nSPS) is 10.9. The lowest BCUT2D eigenvalue weighted by Gasteiger charge is -2.13. The first-order valence-corrected chi connectivity index (χ1v) is 7.95. The molecule has 0 bridgehead atoms. The number of pyridine rings is 1. The van der Waals surface area contributed by atoms with E-state index in [1.54, 1.807) is 0 Å². The molecule has 2 aromatic rings. The molecule has 108 valence electrons.